The predicted octanol–water partition coefficient (Wildman–Crippen LogP) is 4.00. The van der Waals surface area contributed by atoms with Gasteiger partial charge in [0.1, 0.15) is 6.33 Å². The van der Waals surface area contributed by atoms with Crippen LogP contribution < -0.4 is 5.32 Å². The topological polar surface area (TPSA) is 84.2 Å². The number of fused-ring (bicyclic) bond motifs is 1. The summed E-state index contributed by atoms with van der Waals surface area (Å²) in [5, 5.41) is 12.4. The third-order valence-corrected chi connectivity index (χ3v) is 5.73. The second kappa shape index (κ2) is 7.09. The van der Waals surface area contributed by atoms with Crippen molar-refractivity contribution in [3.05, 3.63) is 76.7 Å². The minimum absolute atomic E-state index is 0.123. The molecule has 1 unspecified atom stereocenters. The van der Waals surface area contributed by atoms with Crippen LogP contribution in [0.1, 0.15) is 26.9 Å². The first-order valence-corrected chi connectivity index (χ1v) is 9.53. The summed E-state index contributed by atoms with van der Waals surface area (Å²) in [5.74, 6) is -0.326. The number of benzene rings is 2. The molecule has 4 rings (SSSR count). The molecule has 0 fully saturated rings. The van der Waals surface area contributed by atoms with Crippen LogP contribution in [-0.2, 0) is 4.79 Å². The second-order valence-corrected chi connectivity index (χ2v) is 7.52. The number of imidazole rings is 1. The molecule has 8 heteroatoms. The van der Waals surface area contributed by atoms with E-state index in [2.05, 4.69) is 10.3 Å². The van der Waals surface area contributed by atoms with E-state index in [0.717, 1.165) is 16.9 Å². The van der Waals surface area contributed by atoms with Gasteiger partial charge in [0.05, 0.1) is 22.3 Å². The monoisotopic (exact) mass is 399 g/mol. The number of anilines is 1. The van der Waals surface area contributed by atoms with Gasteiger partial charge in [0.25, 0.3) is 0 Å². The Hall–Kier alpha value is -2.77. The van der Waals surface area contributed by atoms with E-state index >= 15 is 0 Å². The Morgan fingerprint density at radius 2 is 2.04 bits per heavy atom. The highest BCUT2D eigenvalue weighted by molar-refractivity contribution is 8.00. The number of amides is 1. The number of carboxylic acid groups (broad SMARTS) is 1. The molecule has 1 atom stereocenters. The fourth-order valence-corrected chi connectivity index (χ4v) is 4.30. The van der Waals surface area contributed by atoms with Gasteiger partial charge in [-0.1, -0.05) is 29.8 Å². The number of hydrogen-bond acceptors (Lipinski definition) is 4. The van der Waals surface area contributed by atoms with Gasteiger partial charge >= 0.3 is 5.97 Å². The number of hydrogen-bond donors (Lipinski definition) is 2. The largest absolute Gasteiger partial charge is 0.478 e. The van der Waals surface area contributed by atoms with Gasteiger partial charge in [0.2, 0.25) is 5.91 Å². The highest BCUT2D eigenvalue weighted by Crippen LogP contribution is 2.42. The minimum Gasteiger partial charge on any atom is -0.478 e. The molecule has 1 aliphatic rings. The van der Waals surface area contributed by atoms with Gasteiger partial charge in [-0.25, -0.2) is 9.78 Å². The van der Waals surface area contributed by atoms with Gasteiger partial charge in [0.15, 0.2) is 5.82 Å². The molecule has 1 amide bonds. The molecule has 6 nitrogen and oxygen atoms in total. The number of carbonyl (C=O) groups is 2. The number of nitrogens with zero attached hydrogens (tertiary/aromatic N) is 2. The molecular weight excluding hydrogens is 386 g/mol. The molecule has 0 radical (unpaired) electrons. The lowest BCUT2D eigenvalue weighted by Gasteiger charge is -2.18. The van der Waals surface area contributed by atoms with E-state index in [0.29, 0.717) is 10.8 Å². The van der Waals surface area contributed by atoms with Crippen molar-refractivity contribution in [2.75, 3.05) is 11.1 Å². The standard InChI is InChI=1S/C19H14ClN3O3S/c20-13-2-1-3-14(8-13)23-10-21-18-16(23)17(27-9-15(24)22-18)11-4-6-12(7-5-11)19(25)26/h1-8,10,17H,9H2,(H,22,24)(H,25,26). The number of aromatic nitrogens is 2. The Labute approximate surface area is 164 Å². The quantitative estimate of drug-likeness (QED) is 0.695. The van der Waals surface area contributed by atoms with Crippen LogP contribution in [0, 0.1) is 0 Å². The first kappa shape index (κ1) is 17.6. The first-order valence-electron chi connectivity index (χ1n) is 8.11. The fourth-order valence-electron chi connectivity index (χ4n) is 3.00. The van der Waals surface area contributed by atoms with Crippen LogP contribution in [0.15, 0.2) is 54.9 Å². The SMILES string of the molecule is O=C1CSC(c2ccc(C(=O)O)cc2)c2c(ncn2-c2cccc(Cl)c2)N1. The van der Waals surface area contributed by atoms with Crippen LogP contribution in [0.5, 0.6) is 0 Å². The smallest absolute Gasteiger partial charge is 0.335 e. The molecule has 3 aromatic rings. The zero-order valence-corrected chi connectivity index (χ0v) is 15.5. The third-order valence-electron chi connectivity index (χ3n) is 4.24. The van der Waals surface area contributed by atoms with Crippen molar-refractivity contribution in [2.45, 2.75) is 5.25 Å². The molecule has 0 bridgehead atoms. The zero-order valence-electron chi connectivity index (χ0n) is 13.9. The fraction of sp³-hybridized carbons (Fsp3) is 0.105. The summed E-state index contributed by atoms with van der Waals surface area (Å²) in [6.45, 7) is 0. The van der Waals surface area contributed by atoms with Crippen LogP contribution in [-0.4, -0.2) is 32.3 Å². The Morgan fingerprint density at radius 1 is 1.26 bits per heavy atom. The van der Waals surface area contributed by atoms with Crippen molar-refractivity contribution >= 4 is 41.1 Å². The molecule has 2 N–H and O–H groups in total. The van der Waals surface area contributed by atoms with Gasteiger partial charge in [0, 0.05) is 10.7 Å². The van der Waals surface area contributed by atoms with Crippen molar-refractivity contribution in [1.82, 2.24) is 9.55 Å². The number of aromatic carboxylic acids is 1. The third kappa shape index (κ3) is 3.43. The molecule has 0 aliphatic carbocycles. The maximum absolute atomic E-state index is 12.1. The van der Waals surface area contributed by atoms with Crippen molar-refractivity contribution in [3.8, 4) is 5.69 Å². The molecule has 0 saturated carbocycles. The predicted molar refractivity (Wildman–Crippen MR) is 105 cm³/mol. The van der Waals surface area contributed by atoms with Gasteiger partial charge < -0.3 is 10.4 Å². The van der Waals surface area contributed by atoms with Gasteiger partial charge in [-0.2, -0.15) is 0 Å². The van der Waals surface area contributed by atoms with Crippen molar-refractivity contribution < 1.29 is 14.7 Å². The highest BCUT2D eigenvalue weighted by atomic mass is 35.5. The Kier molecular flexibility index (Phi) is 4.63. The normalized spacial score (nSPS) is 16.3. The van der Waals surface area contributed by atoms with E-state index in [4.69, 9.17) is 16.7 Å². The van der Waals surface area contributed by atoms with E-state index in [1.165, 1.54) is 11.8 Å². The molecule has 0 spiro atoms. The van der Waals surface area contributed by atoms with Crippen molar-refractivity contribution in [3.63, 3.8) is 0 Å². The summed E-state index contributed by atoms with van der Waals surface area (Å²) >= 11 is 7.60. The van der Waals surface area contributed by atoms with E-state index in [-0.39, 0.29) is 22.5 Å². The summed E-state index contributed by atoms with van der Waals surface area (Å²) in [5.41, 5.74) is 2.76. The lowest BCUT2D eigenvalue weighted by molar-refractivity contribution is -0.113. The van der Waals surface area contributed by atoms with Crippen LogP contribution in [0.3, 0.4) is 0 Å². The maximum atomic E-state index is 12.1. The van der Waals surface area contributed by atoms with E-state index in [1.807, 2.05) is 22.8 Å². The summed E-state index contributed by atoms with van der Waals surface area (Å²) in [7, 11) is 0. The average molecular weight is 400 g/mol. The van der Waals surface area contributed by atoms with Crippen molar-refractivity contribution in [1.29, 1.82) is 0 Å². The van der Waals surface area contributed by atoms with Crippen molar-refractivity contribution in [2.24, 2.45) is 0 Å². The molecule has 1 aromatic heterocycles. The van der Waals surface area contributed by atoms with E-state index < -0.39 is 5.97 Å². The molecule has 1 aliphatic heterocycles. The summed E-state index contributed by atoms with van der Waals surface area (Å²) < 4.78 is 1.90. The minimum atomic E-state index is -0.975. The number of nitrogens with one attached hydrogen (secondary N) is 1. The van der Waals surface area contributed by atoms with Crippen LogP contribution >= 0.6 is 23.4 Å². The lowest BCUT2D eigenvalue weighted by Crippen LogP contribution is -2.12. The molecule has 2 heterocycles. The maximum Gasteiger partial charge on any atom is 0.335 e. The molecule has 2 aromatic carbocycles. The Morgan fingerprint density at radius 3 is 2.74 bits per heavy atom. The van der Waals surface area contributed by atoms with Crippen LogP contribution in [0.2, 0.25) is 5.02 Å². The zero-order chi connectivity index (χ0) is 19.0. The number of rotatable bonds is 3. The average Bonchev–Trinajstić information content (AvgIpc) is 2.98. The highest BCUT2D eigenvalue weighted by Gasteiger charge is 2.29. The lowest BCUT2D eigenvalue weighted by atomic mass is 10.1. The summed E-state index contributed by atoms with van der Waals surface area (Å²) in [4.78, 5) is 27.6. The number of carboxylic acids is 1. The molecule has 27 heavy (non-hydrogen) atoms. The van der Waals surface area contributed by atoms with Gasteiger partial charge in [-0.05, 0) is 35.9 Å². The Bertz CT molecular complexity index is 1030. The summed E-state index contributed by atoms with van der Waals surface area (Å²) in [6, 6.07) is 14.1. The van der Waals surface area contributed by atoms with Gasteiger partial charge in [-0.3, -0.25) is 9.36 Å². The van der Waals surface area contributed by atoms with E-state index in [9.17, 15) is 9.59 Å². The number of carbonyl (C=O) groups excluding carboxylic acids is 1. The number of thioether (sulfide) groups is 1. The van der Waals surface area contributed by atoms with E-state index in [1.54, 1.807) is 36.7 Å². The number of halogens is 1. The van der Waals surface area contributed by atoms with Crippen LogP contribution in [0.25, 0.3) is 5.69 Å². The Balaban J connectivity index is 1.84. The summed E-state index contributed by atoms with van der Waals surface area (Å²) in [6.07, 6.45) is 1.65. The molecular formula is C19H14ClN3O3S. The first-order chi connectivity index (χ1) is 13.0. The molecule has 0 saturated heterocycles. The van der Waals surface area contributed by atoms with Crippen LogP contribution in [0.4, 0.5) is 5.82 Å². The molecule has 136 valence electrons. The second-order valence-electron chi connectivity index (χ2n) is 5.99. The van der Waals surface area contributed by atoms with Gasteiger partial charge in [-0.15, -0.1) is 11.8 Å².